The molecule has 1 N–H and O–H groups in total. The normalized spacial score (nSPS) is 17.1. The Bertz CT molecular complexity index is 204. The second-order valence-corrected chi connectivity index (χ2v) is 4.30. The quantitative estimate of drug-likeness (QED) is 0.479. The van der Waals surface area contributed by atoms with E-state index in [9.17, 15) is 4.79 Å². The third kappa shape index (κ3) is 6.08. The molecular weight excluding hydrogens is 206 g/mol. The maximum atomic E-state index is 11.2. The highest BCUT2D eigenvalue weighted by Crippen LogP contribution is 2.28. The van der Waals surface area contributed by atoms with Gasteiger partial charge in [-0.1, -0.05) is 0 Å². The minimum Gasteiger partial charge on any atom is -0.465 e. The zero-order valence-electron chi connectivity index (χ0n) is 10.3. The van der Waals surface area contributed by atoms with Crippen LogP contribution in [0.4, 0.5) is 0 Å². The Hall–Kier alpha value is -0.610. The minimum absolute atomic E-state index is 0.179. The van der Waals surface area contributed by atoms with Gasteiger partial charge in [-0.15, -0.1) is 0 Å². The number of rotatable bonds is 9. The smallest absolute Gasteiger partial charge is 0.322 e. The van der Waals surface area contributed by atoms with E-state index in [1.165, 1.54) is 12.8 Å². The number of hydrogen-bond donors (Lipinski definition) is 1. The summed E-state index contributed by atoms with van der Waals surface area (Å²) in [6.07, 6.45) is 3.60. The van der Waals surface area contributed by atoms with E-state index in [1.807, 2.05) is 13.8 Å². The molecule has 0 spiro atoms. The molecule has 0 amide bonds. The fourth-order valence-corrected chi connectivity index (χ4v) is 1.38. The monoisotopic (exact) mass is 229 g/mol. The second-order valence-electron chi connectivity index (χ2n) is 4.30. The Morgan fingerprint density at radius 3 is 2.88 bits per heavy atom. The van der Waals surface area contributed by atoms with E-state index < -0.39 is 0 Å². The summed E-state index contributed by atoms with van der Waals surface area (Å²) < 4.78 is 10.4. The number of carbonyl (C=O) groups is 1. The molecule has 1 fully saturated rings. The molecule has 94 valence electrons. The van der Waals surface area contributed by atoms with Gasteiger partial charge in [0.1, 0.15) is 6.04 Å². The van der Waals surface area contributed by atoms with Crippen LogP contribution in [0.1, 0.15) is 33.1 Å². The summed E-state index contributed by atoms with van der Waals surface area (Å²) >= 11 is 0. The Morgan fingerprint density at radius 2 is 2.25 bits per heavy atom. The van der Waals surface area contributed by atoms with Crippen LogP contribution in [-0.2, 0) is 14.3 Å². The molecule has 0 aromatic heterocycles. The number of hydrogen-bond acceptors (Lipinski definition) is 4. The summed E-state index contributed by atoms with van der Waals surface area (Å²) in [5.41, 5.74) is 0. The Morgan fingerprint density at radius 1 is 1.50 bits per heavy atom. The zero-order valence-corrected chi connectivity index (χ0v) is 10.3. The van der Waals surface area contributed by atoms with Crippen molar-refractivity contribution in [2.24, 2.45) is 5.92 Å². The Balaban J connectivity index is 1.86. The lowest BCUT2D eigenvalue weighted by atomic mass is 10.3. The highest BCUT2D eigenvalue weighted by atomic mass is 16.5. The van der Waals surface area contributed by atoms with Crippen molar-refractivity contribution < 1.29 is 14.3 Å². The SMILES string of the molecule is CCOC(=O)C(C)NCCCOCC1CC1. The molecule has 0 radical (unpaired) electrons. The molecule has 1 unspecified atom stereocenters. The first kappa shape index (κ1) is 13.5. The molecule has 0 heterocycles. The minimum atomic E-state index is -0.219. The second kappa shape index (κ2) is 7.63. The van der Waals surface area contributed by atoms with Crippen molar-refractivity contribution in [1.82, 2.24) is 5.32 Å². The largest absolute Gasteiger partial charge is 0.465 e. The molecule has 0 bridgehead atoms. The van der Waals surface area contributed by atoms with Crippen LogP contribution in [0.3, 0.4) is 0 Å². The van der Waals surface area contributed by atoms with Crippen LogP contribution >= 0.6 is 0 Å². The van der Waals surface area contributed by atoms with Gasteiger partial charge in [0.05, 0.1) is 6.61 Å². The van der Waals surface area contributed by atoms with E-state index in [-0.39, 0.29) is 12.0 Å². The first-order valence-corrected chi connectivity index (χ1v) is 6.21. The molecule has 1 atom stereocenters. The summed E-state index contributed by atoms with van der Waals surface area (Å²) in [6.45, 7) is 6.56. The van der Waals surface area contributed by atoms with E-state index in [0.717, 1.165) is 32.1 Å². The molecule has 4 heteroatoms. The molecular formula is C12H23NO3. The van der Waals surface area contributed by atoms with Gasteiger partial charge in [0, 0.05) is 13.2 Å². The summed E-state index contributed by atoms with van der Waals surface area (Å²) in [5, 5.41) is 3.12. The number of esters is 1. The van der Waals surface area contributed by atoms with E-state index in [0.29, 0.717) is 6.61 Å². The first-order valence-electron chi connectivity index (χ1n) is 6.21. The first-order chi connectivity index (χ1) is 7.74. The summed E-state index contributed by atoms with van der Waals surface area (Å²) in [4.78, 5) is 11.2. The van der Waals surface area contributed by atoms with Gasteiger partial charge in [0.15, 0.2) is 0 Å². The highest BCUT2D eigenvalue weighted by molar-refractivity contribution is 5.75. The molecule has 0 aromatic carbocycles. The standard InChI is InChI=1S/C12H23NO3/c1-3-16-12(14)10(2)13-7-4-8-15-9-11-5-6-11/h10-11,13H,3-9H2,1-2H3. The van der Waals surface area contributed by atoms with E-state index in [2.05, 4.69) is 5.32 Å². The highest BCUT2D eigenvalue weighted by Gasteiger charge is 2.20. The molecule has 16 heavy (non-hydrogen) atoms. The Kier molecular flexibility index (Phi) is 6.42. The van der Waals surface area contributed by atoms with Gasteiger partial charge in [0.2, 0.25) is 0 Å². The van der Waals surface area contributed by atoms with Crippen LogP contribution in [0, 0.1) is 5.92 Å². The van der Waals surface area contributed by atoms with Crippen LogP contribution in [0.5, 0.6) is 0 Å². The molecule has 1 saturated carbocycles. The summed E-state index contributed by atoms with van der Waals surface area (Å²) in [6, 6.07) is -0.219. The van der Waals surface area contributed by atoms with Crippen LogP contribution in [-0.4, -0.2) is 38.4 Å². The van der Waals surface area contributed by atoms with Gasteiger partial charge in [-0.25, -0.2) is 0 Å². The average molecular weight is 229 g/mol. The van der Waals surface area contributed by atoms with Crippen molar-refractivity contribution in [2.75, 3.05) is 26.4 Å². The van der Waals surface area contributed by atoms with Crippen molar-refractivity contribution >= 4 is 5.97 Å². The molecule has 1 rings (SSSR count). The lowest BCUT2D eigenvalue weighted by Crippen LogP contribution is -2.36. The van der Waals surface area contributed by atoms with Gasteiger partial charge in [-0.05, 0) is 45.6 Å². The van der Waals surface area contributed by atoms with E-state index in [4.69, 9.17) is 9.47 Å². The lowest BCUT2D eigenvalue weighted by molar-refractivity contribution is -0.145. The molecule has 0 aliphatic heterocycles. The molecule has 1 aliphatic carbocycles. The van der Waals surface area contributed by atoms with E-state index >= 15 is 0 Å². The van der Waals surface area contributed by atoms with Crippen LogP contribution < -0.4 is 5.32 Å². The Labute approximate surface area is 97.7 Å². The molecule has 0 aromatic rings. The average Bonchev–Trinajstić information content (AvgIpc) is 3.07. The number of ether oxygens (including phenoxy) is 2. The fourth-order valence-electron chi connectivity index (χ4n) is 1.38. The van der Waals surface area contributed by atoms with Crippen molar-refractivity contribution in [3.05, 3.63) is 0 Å². The van der Waals surface area contributed by atoms with Crippen LogP contribution in [0.15, 0.2) is 0 Å². The topological polar surface area (TPSA) is 47.6 Å². The van der Waals surface area contributed by atoms with Crippen molar-refractivity contribution in [3.8, 4) is 0 Å². The van der Waals surface area contributed by atoms with Gasteiger partial charge >= 0.3 is 5.97 Å². The van der Waals surface area contributed by atoms with Gasteiger partial charge < -0.3 is 14.8 Å². The predicted molar refractivity (Wildman–Crippen MR) is 62.3 cm³/mol. The van der Waals surface area contributed by atoms with Crippen molar-refractivity contribution in [1.29, 1.82) is 0 Å². The number of nitrogens with one attached hydrogen (secondary N) is 1. The maximum absolute atomic E-state index is 11.2. The van der Waals surface area contributed by atoms with Crippen molar-refractivity contribution in [2.45, 2.75) is 39.2 Å². The zero-order chi connectivity index (χ0) is 11.8. The molecule has 4 nitrogen and oxygen atoms in total. The van der Waals surface area contributed by atoms with Crippen LogP contribution in [0.2, 0.25) is 0 Å². The third-order valence-electron chi connectivity index (χ3n) is 2.61. The molecule has 1 aliphatic rings. The third-order valence-corrected chi connectivity index (χ3v) is 2.61. The maximum Gasteiger partial charge on any atom is 0.322 e. The number of carbonyl (C=O) groups excluding carboxylic acids is 1. The summed E-state index contributed by atoms with van der Waals surface area (Å²) in [7, 11) is 0. The lowest BCUT2D eigenvalue weighted by Gasteiger charge is -2.12. The van der Waals surface area contributed by atoms with Gasteiger partial charge in [-0.2, -0.15) is 0 Å². The summed E-state index contributed by atoms with van der Waals surface area (Å²) in [5.74, 6) is 0.646. The molecule has 0 saturated heterocycles. The fraction of sp³-hybridized carbons (Fsp3) is 0.917. The van der Waals surface area contributed by atoms with E-state index in [1.54, 1.807) is 0 Å². The van der Waals surface area contributed by atoms with Gasteiger partial charge in [-0.3, -0.25) is 4.79 Å². The van der Waals surface area contributed by atoms with Gasteiger partial charge in [0.25, 0.3) is 0 Å². The van der Waals surface area contributed by atoms with Crippen LogP contribution in [0.25, 0.3) is 0 Å². The predicted octanol–water partition coefficient (Wildman–Crippen LogP) is 1.34. The van der Waals surface area contributed by atoms with Crippen molar-refractivity contribution in [3.63, 3.8) is 0 Å².